The third-order valence-corrected chi connectivity index (χ3v) is 3.31. The predicted molar refractivity (Wildman–Crippen MR) is 72.0 cm³/mol. The van der Waals surface area contributed by atoms with E-state index in [0.717, 1.165) is 16.8 Å². The molecular weight excluding hydrogens is 279 g/mol. The summed E-state index contributed by atoms with van der Waals surface area (Å²) in [5.74, 6) is 0.603. The summed E-state index contributed by atoms with van der Waals surface area (Å²) in [5.41, 5.74) is 2.28. The summed E-state index contributed by atoms with van der Waals surface area (Å²) in [5, 5.41) is 1.63. The highest BCUT2D eigenvalue weighted by molar-refractivity contribution is 6.35. The molecule has 0 N–H and O–H groups in total. The van der Waals surface area contributed by atoms with Crippen LogP contribution in [0.5, 0.6) is 0 Å². The zero-order valence-electron chi connectivity index (χ0n) is 9.26. The fourth-order valence-electron chi connectivity index (χ4n) is 1.54. The van der Waals surface area contributed by atoms with Crippen molar-refractivity contribution in [1.29, 1.82) is 0 Å². The fourth-order valence-corrected chi connectivity index (χ4v) is 2.13. The van der Waals surface area contributed by atoms with Crippen molar-refractivity contribution in [2.45, 2.75) is 13.8 Å². The molecule has 88 valence electrons. The van der Waals surface area contributed by atoms with Gasteiger partial charge in [-0.1, -0.05) is 34.8 Å². The van der Waals surface area contributed by atoms with Crippen LogP contribution in [0.25, 0.3) is 11.3 Å². The first-order valence-corrected chi connectivity index (χ1v) is 6.08. The number of hydrogen-bond donors (Lipinski definition) is 0. The molecule has 2 aromatic rings. The van der Waals surface area contributed by atoms with Gasteiger partial charge in [-0.05, 0) is 32.0 Å². The molecule has 0 aliphatic carbocycles. The molecule has 0 bridgehead atoms. The van der Waals surface area contributed by atoms with Crippen LogP contribution >= 0.6 is 34.8 Å². The van der Waals surface area contributed by atoms with Crippen molar-refractivity contribution in [3.8, 4) is 11.3 Å². The predicted octanol–water partition coefficient (Wildman–Crippen LogP) is 4.72. The van der Waals surface area contributed by atoms with Gasteiger partial charge in [-0.15, -0.1) is 0 Å². The average molecular weight is 288 g/mol. The molecule has 0 atom stereocenters. The van der Waals surface area contributed by atoms with Crippen LogP contribution in [0.4, 0.5) is 0 Å². The Morgan fingerprint density at radius 2 is 1.71 bits per heavy atom. The molecule has 0 radical (unpaired) electrons. The third-order valence-electron chi connectivity index (χ3n) is 2.38. The summed E-state index contributed by atoms with van der Waals surface area (Å²) < 4.78 is 0. The van der Waals surface area contributed by atoms with Crippen molar-refractivity contribution in [3.05, 3.63) is 44.8 Å². The summed E-state index contributed by atoms with van der Waals surface area (Å²) >= 11 is 18.1. The standard InChI is InChI=1S/C12H9Cl3N2/c1-6-11(16-7(2)17-12(6)15)9-5-8(13)3-4-10(9)14/h3-5H,1-2H3. The van der Waals surface area contributed by atoms with E-state index in [1.165, 1.54) is 0 Å². The SMILES string of the molecule is Cc1nc(Cl)c(C)c(-c2cc(Cl)ccc2Cl)n1. The van der Waals surface area contributed by atoms with Gasteiger partial charge in [0, 0.05) is 16.1 Å². The van der Waals surface area contributed by atoms with E-state index >= 15 is 0 Å². The topological polar surface area (TPSA) is 25.8 Å². The maximum Gasteiger partial charge on any atom is 0.136 e. The summed E-state index contributed by atoms with van der Waals surface area (Å²) in [6.07, 6.45) is 0. The maximum atomic E-state index is 6.15. The lowest BCUT2D eigenvalue weighted by molar-refractivity contribution is 1.04. The second kappa shape index (κ2) is 4.81. The zero-order valence-corrected chi connectivity index (χ0v) is 11.5. The minimum absolute atomic E-state index is 0.434. The first-order chi connectivity index (χ1) is 7.99. The number of nitrogens with zero attached hydrogens (tertiary/aromatic N) is 2. The Morgan fingerprint density at radius 1 is 1.00 bits per heavy atom. The second-order valence-corrected chi connectivity index (χ2v) is 4.86. The molecule has 0 spiro atoms. The van der Waals surface area contributed by atoms with Crippen molar-refractivity contribution in [3.63, 3.8) is 0 Å². The quantitative estimate of drug-likeness (QED) is 0.709. The Kier molecular flexibility index (Phi) is 3.57. The van der Waals surface area contributed by atoms with Gasteiger partial charge >= 0.3 is 0 Å². The maximum absolute atomic E-state index is 6.15. The molecule has 17 heavy (non-hydrogen) atoms. The van der Waals surface area contributed by atoms with Gasteiger partial charge in [0.05, 0.1) is 10.7 Å². The Hall–Kier alpha value is -0.830. The molecule has 1 heterocycles. The molecule has 0 aliphatic heterocycles. The van der Waals surface area contributed by atoms with E-state index in [1.807, 2.05) is 6.92 Å². The molecule has 1 aromatic carbocycles. The third kappa shape index (κ3) is 2.54. The van der Waals surface area contributed by atoms with Crippen LogP contribution in [0.15, 0.2) is 18.2 Å². The highest BCUT2D eigenvalue weighted by Gasteiger charge is 2.12. The monoisotopic (exact) mass is 286 g/mol. The van der Waals surface area contributed by atoms with Crippen LogP contribution in [0.2, 0.25) is 15.2 Å². The van der Waals surface area contributed by atoms with E-state index in [0.29, 0.717) is 21.0 Å². The number of aryl methyl sites for hydroxylation is 1. The van der Waals surface area contributed by atoms with Crippen LogP contribution in [-0.4, -0.2) is 9.97 Å². The van der Waals surface area contributed by atoms with Gasteiger partial charge in [-0.25, -0.2) is 9.97 Å². The summed E-state index contributed by atoms with van der Waals surface area (Å²) in [6.45, 7) is 3.64. The van der Waals surface area contributed by atoms with Crippen LogP contribution in [0.1, 0.15) is 11.4 Å². The summed E-state index contributed by atoms with van der Waals surface area (Å²) in [7, 11) is 0. The summed E-state index contributed by atoms with van der Waals surface area (Å²) in [4.78, 5) is 8.46. The van der Waals surface area contributed by atoms with E-state index in [-0.39, 0.29) is 0 Å². The molecule has 0 unspecified atom stereocenters. The first-order valence-electron chi connectivity index (χ1n) is 4.95. The smallest absolute Gasteiger partial charge is 0.136 e. The number of hydrogen-bond acceptors (Lipinski definition) is 2. The fraction of sp³-hybridized carbons (Fsp3) is 0.167. The Morgan fingerprint density at radius 3 is 2.41 bits per heavy atom. The van der Waals surface area contributed by atoms with Crippen LogP contribution in [0.3, 0.4) is 0 Å². The second-order valence-electron chi connectivity index (χ2n) is 3.66. The molecule has 2 rings (SSSR count). The molecular formula is C12H9Cl3N2. The number of benzene rings is 1. The lowest BCUT2D eigenvalue weighted by atomic mass is 10.1. The van der Waals surface area contributed by atoms with Gasteiger partial charge in [0.15, 0.2) is 0 Å². The Bertz CT molecular complexity index is 582. The van der Waals surface area contributed by atoms with Crippen molar-refractivity contribution < 1.29 is 0 Å². The number of rotatable bonds is 1. The molecule has 5 heteroatoms. The van der Waals surface area contributed by atoms with Crippen molar-refractivity contribution >= 4 is 34.8 Å². The molecule has 0 fully saturated rings. The van der Waals surface area contributed by atoms with Gasteiger partial charge in [-0.2, -0.15) is 0 Å². The van der Waals surface area contributed by atoms with Crippen molar-refractivity contribution in [2.24, 2.45) is 0 Å². The lowest BCUT2D eigenvalue weighted by Gasteiger charge is -2.09. The van der Waals surface area contributed by atoms with E-state index in [2.05, 4.69) is 9.97 Å². The lowest BCUT2D eigenvalue weighted by Crippen LogP contribution is -1.97. The van der Waals surface area contributed by atoms with E-state index in [1.54, 1.807) is 25.1 Å². The van der Waals surface area contributed by atoms with Gasteiger partial charge in [0.2, 0.25) is 0 Å². The Labute approximate surface area is 115 Å². The van der Waals surface area contributed by atoms with Gasteiger partial charge in [-0.3, -0.25) is 0 Å². The molecule has 0 saturated carbocycles. The number of halogens is 3. The highest BCUT2D eigenvalue weighted by atomic mass is 35.5. The van der Waals surface area contributed by atoms with E-state index in [9.17, 15) is 0 Å². The van der Waals surface area contributed by atoms with Crippen molar-refractivity contribution in [2.75, 3.05) is 0 Å². The molecule has 0 saturated heterocycles. The summed E-state index contributed by atoms with van der Waals surface area (Å²) in [6, 6.07) is 5.25. The molecule has 0 amide bonds. The minimum Gasteiger partial charge on any atom is -0.233 e. The van der Waals surface area contributed by atoms with Crippen LogP contribution in [0, 0.1) is 13.8 Å². The van der Waals surface area contributed by atoms with E-state index < -0.39 is 0 Å². The normalized spacial score (nSPS) is 10.6. The van der Waals surface area contributed by atoms with E-state index in [4.69, 9.17) is 34.8 Å². The minimum atomic E-state index is 0.434. The van der Waals surface area contributed by atoms with Crippen molar-refractivity contribution in [1.82, 2.24) is 9.97 Å². The van der Waals surface area contributed by atoms with Gasteiger partial charge < -0.3 is 0 Å². The largest absolute Gasteiger partial charge is 0.233 e. The number of aromatic nitrogens is 2. The molecule has 1 aromatic heterocycles. The average Bonchev–Trinajstić information content (AvgIpc) is 2.27. The van der Waals surface area contributed by atoms with Crippen LogP contribution in [-0.2, 0) is 0 Å². The van der Waals surface area contributed by atoms with Gasteiger partial charge in [0.25, 0.3) is 0 Å². The Balaban J connectivity index is 2.72. The molecule has 0 aliphatic rings. The molecule has 2 nitrogen and oxygen atoms in total. The van der Waals surface area contributed by atoms with Gasteiger partial charge in [0.1, 0.15) is 11.0 Å². The first kappa shape index (κ1) is 12.6. The highest BCUT2D eigenvalue weighted by Crippen LogP contribution is 2.33. The van der Waals surface area contributed by atoms with Crippen LogP contribution < -0.4 is 0 Å². The zero-order chi connectivity index (χ0) is 12.6.